The van der Waals surface area contributed by atoms with Crippen molar-refractivity contribution in [1.29, 1.82) is 5.26 Å². The molecular weight excluding hydrogens is 362 g/mol. The molecule has 140 valence electrons. The highest BCUT2D eigenvalue weighted by Crippen LogP contribution is 2.18. The number of amides is 1. The predicted molar refractivity (Wildman–Crippen MR) is 89.7 cm³/mol. The van der Waals surface area contributed by atoms with Crippen LogP contribution in [0, 0.1) is 11.3 Å². The number of anilines is 1. The molecule has 1 aromatic carbocycles. The van der Waals surface area contributed by atoms with Crippen LogP contribution in [0.4, 0.5) is 14.5 Å². The summed E-state index contributed by atoms with van der Waals surface area (Å²) in [6.07, 6.45) is 1.11. The molecule has 10 heteroatoms. The molecule has 8 nitrogen and oxygen atoms in total. The van der Waals surface area contributed by atoms with E-state index in [1.54, 1.807) is 0 Å². The Balaban J connectivity index is 1.80. The highest BCUT2D eigenvalue weighted by atomic mass is 19.3. The lowest BCUT2D eigenvalue weighted by molar-refractivity contribution is -0.116. The molecule has 27 heavy (non-hydrogen) atoms. The number of hydrogen-bond donors (Lipinski definition) is 1. The number of aromatic nitrogens is 2. The summed E-state index contributed by atoms with van der Waals surface area (Å²) < 4.78 is 30.5. The Labute approximate surface area is 151 Å². The van der Waals surface area contributed by atoms with Crippen LogP contribution in [0.5, 0.6) is 5.75 Å². The first-order valence-electron chi connectivity index (χ1n) is 8.02. The summed E-state index contributed by atoms with van der Waals surface area (Å²) in [7, 11) is 0. The summed E-state index contributed by atoms with van der Waals surface area (Å²) >= 11 is 0. The van der Waals surface area contributed by atoms with E-state index < -0.39 is 30.3 Å². The zero-order chi connectivity index (χ0) is 19.6. The van der Waals surface area contributed by atoms with Gasteiger partial charge in [0.05, 0.1) is 0 Å². The van der Waals surface area contributed by atoms with Crippen molar-refractivity contribution >= 4 is 11.6 Å². The second kappa shape index (κ2) is 7.41. The molecule has 0 saturated heterocycles. The fourth-order valence-corrected chi connectivity index (χ4v) is 2.95. The molecule has 2 aromatic rings. The standard InChI is InChI=1S/C17H14F2N4O4/c18-16(19)27-11-5-3-10(4-6-11)21-14(24)9-23-15(25)12(8-20)13-2-1-7-22(13)17(23)26/h3-6,16H,1-2,7,9H2,(H,21,24). The summed E-state index contributed by atoms with van der Waals surface area (Å²) in [5.74, 6) is -0.742. The summed E-state index contributed by atoms with van der Waals surface area (Å²) in [5.41, 5.74) is -0.891. The van der Waals surface area contributed by atoms with E-state index in [0.29, 0.717) is 25.1 Å². The van der Waals surface area contributed by atoms with Crippen LogP contribution in [0.15, 0.2) is 33.9 Å². The number of rotatable bonds is 5. The predicted octanol–water partition coefficient (Wildman–Crippen LogP) is 1.07. The summed E-state index contributed by atoms with van der Waals surface area (Å²) in [4.78, 5) is 37.0. The lowest BCUT2D eigenvalue weighted by Crippen LogP contribution is -2.44. The van der Waals surface area contributed by atoms with Crippen molar-refractivity contribution in [2.45, 2.75) is 32.5 Å². The zero-order valence-corrected chi connectivity index (χ0v) is 13.9. The van der Waals surface area contributed by atoms with Crippen molar-refractivity contribution in [3.8, 4) is 11.8 Å². The van der Waals surface area contributed by atoms with E-state index in [9.17, 15) is 28.4 Å². The van der Waals surface area contributed by atoms with Crippen LogP contribution in [0.3, 0.4) is 0 Å². The molecule has 0 atom stereocenters. The van der Waals surface area contributed by atoms with Crippen LogP contribution < -0.4 is 21.3 Å². The van der Waals surface area contributed by atoms with E-state index in [4.69, 9.17) is 0 Å². The number of alkyl halides is 2. The number of nitriles is 1. The van der Waals surface area contributed by atoms with Gasteiger partial charge in [-0.05, 0) is 37.1 Å². The van der Waals surface area contributed by atoms with E-state index in [-0.39, 0.29) is 17.0 Å². The summed E-state index contributed by atoms with van der Waals surface area (Å²) in [6, 6.07) is 6.98. The molecule has 2 heterocycles. The van der Waals surface area contributed by atoms with Crippen molar-refractivity contribution < 1.29 is 18.3 Å². The molecule has 1 N–H and O–H groups in total. The monoisotopic (exact) mass is 376 g/mol. The Morgan fingerprint density at radius 3 is 2.63 bits per heavy atom. The number of nitrogens with zero attached hydrogens (tertiary/aromatic N) is 3. The van der Waals surface area contributed by atoms with E-state index >= 15 is 0 Å². The maximum atomic E-state index is 12.4. The Hall–Kier alpha value is -3.48. The third-order valence-electron chi connectivity index (χ3n) is 4.11. The van der Waals surface area contributed by atoms with Gasteiger partial charge in [0, 0.05) is 17.9 Å². The van der Waals surface area contributed by atoms with E-state index in [1.165, 1.54) is 28.8 Å². The second-order valence-electron chi connectivity index (χ2n) is 5.81. The number of hydrogen-bond acceptors (Lipinski definition) is 5. The van der Waals surface area contributed by atoms with Crippen LogP contribution in [-0.4, -0.2) is 21.7 Å². The average molecular weight is 376 g/mol. The van der Waals surface area contributed by atoms with Crippen LogP contribution in [0.25, 0.3) is 0 Å². The molecule has 0 radical (unpaired) electrons. The van der Waals surface area contributed by atoms with Crippen molar-refractivity contribution in [2.75, 3.05) is 5.32 Å². The van der Waals surface area contributed by atoms with E-state index in [0.717, 1.165) is 4.57 Å². The molecular formula is C17H14F2N4O4. The fraction of sp³-hybridized carbons (Fsp3) is 0.294. The maximum Gasteiger partial charge on any atom is 0.387 e. The first-order valence-corrected chi connectivity index (χ1v) is 8.02. The van der Waals surface area contributed by atoms with Gasteiger partial charge in [0.15, 0.2) is 0 Å². The number of fused-ring (bicyclic) bond motifs is 1. The largest absolute Gasteiger partial charge is 0.435 e. The molecule has 1 aliphatic rings. The third kappa shape index (κ3) is 3.72. The van der Waals surface area contributed by atoms with Crippen molar-refractivity contribution in [2.24, 2.45) is 0 Å². The minimum Gasteiger partial charge on any atom is -0.435 e. The number of halogens is 2. The number of benzene rings is 1. The van der Waals surface area contributed by atoms with E-state index in [1.807, 2.05) is 6.07 Å². The van der Waals surface area contributed by atoms with Crippen LogP contribution in [-0.2, 0) is 24.3 Å². The average Bonchev–Trinajstić information content (AvgIpc) is 3.10. The maximum absolute atomic E-state index is 12.4. The molecule has 0 aliphatic carbocycles. The Morgan fingerprint density at radius 1 is 1.30 bits per heavy atom. The number of ether oxygens (including phenoxy) is 1. The number of nitrogens with one attached hydrogen (secondary N) is 1. The Morgan fingerprint density at radius 2 is 2.00 bits per heavy atom. The molecule has 1 aromatic heterocycles. The van der Waals surface area contributed by atoms with Crippen molar-refractivity contribution in [1.82, 2.24) is 9.13 Å². The van der Waals surface area contributed by atoms with E-state index in [2.05, 4.69) is 10.1 Å². The molecule has 0 saturated carbocycles. The molecule has 0 fully saturated rings. The highest BCUT2D eigenvalue weighted by Gasteiger charge is 2.23. The van der Waals surface area contributed by atoms with Gasteiger partial charge in [0.25, 0.3) is 5.56 Å². The topological polar surface area (TPSA) is 106 Å². The fourth-order valence-electron chi connectivity index (χ4n) is 2.95. The van der Waals surface area contributed by atoms with Gasteiger partial charge in [0.2, 0.25) is 5.91 Å². The number of carbonyl (C=O) groups is 1. The van der Waals surface area contributed by atoms with Gasteiger partial charge in [-0.2, -0.15) is 14.0 Å². The second-order valence-corrected chi connectivity index (χ2v) is 5.81. The number of carbonyl (C=O) groups excluding carboxylic acids is 1. The van der Waals surface area contributed by atoms with Gasteiger partial charge in [-0.15, -0.1) is 0 Å². The lowest BCUT2D eigenvalue weighted by atomic mass is 10.2. The van der Waals surface area contributed by atoms with Gasteiger partial charge in [-0.3, -0.25) is 14.2 Å². The molecule has 1 amide bonds. The van der Waals surface area contributed by atoms with Gasteiger partial charge in [0.1, 0.15) is 23.9 Å². The Kier molecular flexibility index (Phi) is 5.03. The van der Waals surface area contributed by atoms with Gasteiger partial charge >= 0.3 is 12.3 Å². The minimum absolute atomic E-state index is 0.0743. The summed E-state index contributed by atoms with van der Waals surface area (Å²) in [5, 5.41) is 11.7. The van der Waals surface area contributed by atoms with Crippen LogP contribution >= 0.6 is 0 Å². The van der Waals surface area contributed by atoms with Gasteiger partial charge in [-0.25, -0.2) is 9.36 Å². The first-order chi connectivity index (χ1) is 12.9. The molecule has 0 unspecified atom stereocenters. The normalized spacial score (nSPS) is 12.5. The van der Waals surface area contributed by atoms with Crippen molar-refractivity contribution in [3.05, 3.63) is 56.4 Å². The van der Waals surface area contributed by atoms with Crippen molar-refractivity contribution in [3.63, 3.8) is 0 Å². The Bertz CT molecular complexity index is 1040. The van der Waals surface area contributed by atoms with Crippen LogP contribution in [0.1, 0.15) is 17.7 Å². The van der Waals surface area contributed by atoms with Gasteiger partial charge < -0.3 is 10.1 Å². The quantitative estimate of drug-likeness (QED) is 0.840. The van der Waals surface area contributed by atoms with Gasteiger partial charge in [-0.1, -0.05) is 0 Å². The zero-order valence-electron chi connectivity index (χ0n) is 13.9. The lowest BCUT2D eigenvalue weighted by Gasteiger charge is -2.11. The molecule has 0 spiro atoms. The SMILES string of the molecule is N#Cc1c2n(c(=O)n(CC(=O)Nc3ccc(OC(F)F)cc3)c1=O)CCC2. The van der Waals surface area contributed by atoms with Crippen LogP contribution in [0.2, 0.25) is 0 Å². The summed E-state index contributed by atoms with van der Waals surface area (Å²) in [6.45, 7) is -3.14. The first kappa shape index (κ1) is 18.3. The minimum atomic E-state index is -2.96. The molecule has 3 rings (SSSR count). The highest BCUT2D eigenvalue weighted by molar-refractivity contribution is 5.90. The smallest absolute Gasteiger partial charge is 0.387 e. The molecule has 1 aliphatic heterocycles. The molecule has 0 bridgehead atoms. The third-order valence-corrected chi connectivity index (χ3v) is 4.11.